The molecule has 1 aliphatic heterocycles. The minimum atomic E-state index is -1.05. The lowest BCUT2D eigenvalue weighted by atomic mass is 9.94. The monoisotopic (exact) mass is 327 g/mol. The van der Waals surface area contributed by atoms with Gasteiger partial charge in [-0.2, -0.15) is 0 Å². The zero-order valence-electron chi connectivity index (χ0n) is 14.3. The van der Waals surface area contributed by atoms with Gasteiger partial charge in [-0.15, -0.1) is 0 Å². The van der Waals surface area contributed by atoms with Gasteiger partial charge in [-0.1, -0.05) is 18.2 Å². The first-order valence-corrected chi connectivity index (χ1v) is 8.24. The molecule has 1 atom stereocenters. The van der Waals surface area contributed by atoms with Gasteiger partial charge in [-0.25, -0.2) is 4.39 Å². The predicted octanol–water partition coefficient (Wildman–Crippen LogP) is 4.35. The van der Waals surface area contributed by atoms with E-state index in [1.165, 1.54) is 29.8 Å². The summed E-state index contributed by atoms with van der Waals surface area (Å²) in [5.74, 6) is 0.0595. The van der Waals surface area contributed by atoms with Gasteiger partial charge in [0.2, 0.25) is 0 Å². The van der Waals surface area contributed by atoms with Crippen molar-refractivity contribution >= 4 is 11.6 Å². The smallest absolute Gasteiger partial charge is 0.270 e. The molecular weight excluding hydrogens is 305 g/mol. The molecule has 4 heteroatoms. The summed E-state index contributed by atoms with van der Waals surface area (Å²) in [4.78, 5) is 15.0. The molecule has 1 unspecified atom stereocenters. The van der Waals surface area contributed by atoms with Crippen LogP contribution >= 0.6 is 0 Å². The van der Waals surface area contributed by atoms with Crippen LogP contribution < -0.4 is 9.64 Å². The second-order valence-electron chi connectivity index (χ2n) is 6.76. The topological polar surface area (TPSA) is 29.5 Å². The zero-order chi connectivity index (χ0) is 17.3. The van der Waals surface area contributed by atoms with E-state index in [0.29, 0.717) is 5.75 Å². The number of carbonyl (C=O) groups excluding carboxylic acids is 1. The molecule has 1 amide bonds. The standard InChI is InChI=1S/C20H22FNO2/c1-14-8-9-15-6-4-5-7-18(15)22(14)19(23)20(2,3)24-17-12-10-16(21)11-13-17/h4-7,10-14H,8-9H2,1-3H3. The van der Waals surface area contributed by atoms with Crippen molar-refractivity contribution in [1.82, 2.24) is 0 Å². The van der Waals surface area contributed by atoms with Gasteiger partial charge in [0.25, 0.3) is 5.91 Å². The van der Waals surface area contributed by atoms with Crippen molar-refractivity contribution in [1.29, 1.82) is 0 Å². The van der Waals surface area contributed by atoms with Crippen molar-refractivity contribution < 1.29 is 13.9 Å². The van der Waals surface area contributed by atoms with Crippen LogP contribution in [0.5, 0.6) is 5.75 Å². The lowest BCUT2D eigenvalue weighted by Gasteiger charge is -2.39. The van der Waals surface area contributed by atoms with Crippen LogP contribution in [-0.2, 0) is 11.2 Å². The summed E-state index contributed by atoms with van der Waals surface area (Å²) in [5, 5.41) is 0. The quantitative estimate of drug-likeness (QED) is 0.839. The van der Waals surface area contributed by atoms with Crippen molar-refractivity contribution in [3.63, 3.8) is 0 Å². The van der Waals surface area contributed by atoms with E-state index < -0.39 is 5.60 Å². The molecule has 0 aromatic heterocycles. The van der Waals surface area contributed by atoms with Crippen LogP contribution in [0.1, 0.15) is 32.8 Å². The van der Waals surface area contributed by atoms with E-state index in [0.717, 1.165) is 18.5 Å². The minimum Gasteiger partial charge on any atom is -0.478 e. The van der Waals surface area contributed by atoms with E-state index in [4.69, 9.17) is 4.74 Å². The first kappa shape index (κ1) is 16.5. The molecular formula is C20H22FNO2. The maximum absolute atomic E-state index is 13.2. The van der Waals surface area contributed by atoms with E-state index in [-0.39, 0.29) is 17.8 Å². The molecule has 3 nitrogen and oxygen atoms in total. The second kappa shape index (κ2) is 6.27. The largest absolute Gasteiger partial charge is 0.478 e. The van der Waals surface area contributed by atoms with Crippen LogP contribution in [-0.4, -0.2) is 17.6 Å². The molecule has 2 aromatic rings. The Kier molecular flexibility index (Phi) is 4.31. The van der Waals surface area contributed by atoms with Crippen LogP contribution in [0.25, 0.3) is 0 Å². The number of rotatable bonds is 3. The van der Waals surface area contributed by atoms with Crippen molar-refractivity contribution in [2.45, 2.75) is 45.3 Å². The van der Waals surface area contributed by atoms with Gasteiger partial charge in [0.1, 0.15) is 11.6 Å². The Bertz CT molecular complexity index is 740. The molecule has 0 bridgehead atoms. The fourth-order valence-corrected chi connectivity index (χ4v) is 3.13. The van der Waals surface area contributed by atoms with E-state index >= 15 is 0 Å². The molecule has 3 rings (SSSR count). The van der Waals surface area contributed by atoms with Gasteiger partial charge in [0.15, 0.2) is 5.60 Å². The van der Waals surface area contributed by atoms with E-state index in [2.05, 4.69) is 13.0 Å². The number of nitrogens with zero attached hydrogens (tertiary/aromatic N) is 1. The molecule has 0 fully saturated rings. The summed E-state index contributed by atoms with van der Waals surface area (Å²) in [6, 6.07) is 13.8. The number of ether oxygens (including phenoxy) is 1. The third-order valence-electron chi connectivity index (χ3n) is 4.44. The van der Waals surface area contributed by atoms with Gasteiger partial charge in [0, 0.05) is 11.7 Å². The molecule has 0 radical (unpaired) electrons. The highest BCUT2D eigenvalue weighted by molar-refractivity contribution is 6.00. The first-order valence-electron chi connectivity index (χ1n) is 8.24. The van der Waals surface area contributed by atoms with Crippen LogP contribution in [0, 0.1) is 5.82 Å². The Labute approximate surface area is 142 Å². The number of hydrogen-bond donors (Lipinski definition) is 0. The molecule has 0 aliphatic carbocycles. The number of hydrogen-bond acceptors (Lipinski definition) is 2. The predicted molar refractivity (Wildman–Crippen MR) is 92.8 cm³/mol. The lowest BCUT2D eigenvalue weighted by Crippen LogP contribution is -2.53. The Morgan fingerprint density at radius 3 is 2.54 bits per heavy atom. The van der Waals surface area contributed by atoms with Crippen LogP contribution in [0.2, 0.25) is 0 Å². The second-order valence-corrected chi connectivity index (χ2v) is 6.76. The third kappa shape index (κ3) is 3.14. The fourth-order valence-electron chi connectivity index (χ4n) is 3.13. The molecule has 2 aromatic carbocycles. The number of amides is 1. The molecule has 24 heavy (non-hydrogen) atoms. The molecule has 0 saturated carbocycles. The van der Waals surface area contributed by atoms with E-state index in [1.54, 1.807) is 13.8 Å². The van der Waals surface area contributed by atoms with Crippen molar-refractivity contribution in [3.8, 4) is 5.75 Å². The lowest BCUT2D eigenvalue weighted by molar-refractivity contribution is -0.132. The van der Waals surface area contributed by atoms with Gasteiger partial charge < -0.3 is 9.64 Å². The molecule has 0 N–H and O–H groups in total. The summed E-state index contributed by atoms with van der Waals surface area (Å²) in [5.41, 5.74) is 1.09. The first-order chi connectivity index (χ1) is 11.4. The highest BCUT2D eigenvalue weighted by atomic mass is 19.1. The molecule has 126 valence electrons. The highest BCUT2D eigenvalue weighted by Gasteiger charge is 2.39. The number of aryl methyl sites for hydroxylation is 1. The third-order valence-corrected chi connectivity index (χ3v) is 4.44. The minimum absolute atomic E-state index is 0.0912. The number of carbonyl (C=O) groups is 1. The maximum atomic E-state index is 13.2. The van der Waals surface area contributed by atoms with E-state index in [1.807, 2.05) is 23.1 Å². The molecule has 1 aliphatic rings. The normalized spacial score (nSPS) is 17.3. The number of benzene rings is 2. The molecule has 0 saturated heterocycles. The number of anilines is 1. The Morgan fingerprint density at radius 2 is 1.83 bits per heavy atom. The van der Waals surface area contributed by atoms with Crippen molar-refractivity contribution in [2.75, 3.05) is 4.90 Å². The number of para-hydroxylation sites is 1. The Morgan fingerprint density at radius 1 is 1.17 bits per heavy atom. The van der Waals surface area contributed by atoms with Crippen molar-refractivity contribution in [2.24, 2.45) is 0 Å². The summed E-state index contributed by atoms with van der Waals surface area (Å²) in [6.45, 7) is 5.56. The van der Waals surface area contributed by atoms with Gasteiger partial charge in [-0.3, -0.25) is 4.79 Å². The van der Waals surface area contributed by atoms with Crippen LogP contribution in [0.3, 0.4) is 0 Å². The molecule has 0 spiro atoms. The summed E-state index contributed by atoms with van der Waals surface area (Å²) >= 11 is 0. The van der Waals surface area contributed by atoms with E-state index in [9.17, 15) is 9.18 Å². The van der Waals surface area contributed by atoms with Gasteiger partial charge in [-0.05, 0) is 69.5 Å². The SMILES string of the molecule is CC1CCc2ccccc2N1C(=O)C(C)(C)Oc1ccc(F)cc1. The zero-order valence-corrected chi connectivity index (χ0v) is 14.3. The summed E-state index contributed by atoms with van der Waals surface area (Å²) in [6.07, 6.45) is 1.90. The average molecular weight is 327 g/mol. The fraction of sp³-hybridized carbons (Fsp3) is 0.350. The summed E-state index contributed by atoms with van der Waals surface area (Å²) < 4.78 is 18.9. The number of halogens is 1. The van der Waals surface area contributed by atoms with Gasteiger partial charge >= 0.3 is 0 Å². The van der Waals surface area contributed by atoms with Crippen molar-refractivity contribution in [3.05, 3.63) is 59.9 Å². The summed E-state index contributed by atoms with van der Waals surface area (Å²) in [7, 11) is 0. The van der Waals surface area contributed by atoms with Gasteiger partial charge in [0.05, 0.1) is 0 Å². The average Bonchev–Trinajstić information content (AvgIpc) is 2.56. The van der Waals surface area contributed by atoms with Crippen LogP contribution in [0.4, 0.5) is 10.1 Å². The Hall–Kier alpha value is -2.36. The Balaban J connectivity index is 1.88. The number of fused-ring (bicyclic) bond motifs is 1. The van der Waals surface area contributed by atoms with Crippen LogP contribution in [0.15, 0.2) is 48.5 Å². The highest BCUT2D eigenvalue weighted by Crippen LogP contribution is 2.33. The molecule has 1 heterocycles. The maximum Gasteiger partial charge on any atom is 0.270 e.